The minimum atomic E-state index is -0.121. The van der Waals surface area contributed by atoms with E-state index in [1.165, 1.54) is 21.8 Å². The number of nitrogens with zero attached hydrogens (tertiary/aromatic N) is 2. The van der Waals surface area contributed by atoms with Gasteiger partial charge in [0.05, 0.1) is 6.04 Å². The predicted octanol–water partition coefficient (Wildman–Crippen LogP) is 3.05. The molecular weight excluding hydrogens is 324 g/mol. The Balaban J connectivity index is 1.63. The Labute approximate surface area is 154 Å². The summed E-state index contributed by atoms with van der Waals surface area (Å²) in [6, 6.07) is 14.6. The minimum absolute atomic E-state index is 0.0606. The third-order valence-corrected chi connectivity index (χ3v) is 5.43. The quantitative estimate of drug-likeness (QED) is 0.760. The highest BCUT2D eigenvalue weighted by molar-refractivity contribution is 6.10. The van der Waals surface area contributed by atoms with Crippen LogP contribution in [-0.4, -0.2) is 47.6 Å². The highest BCUT2D eigenvalue weighted by Gasteiger charge is 2.22. The first kappa shape index (κ1) is 17.1. The zero-order valence-electron chi connectivity index (χ0n) is 15.5. The molecule has 1 amide bonds. The molecule has 5 nitrogen and oxygen atoms in total. The number of hydrogen-bond donors (Lipinski definition) is 2. The van der Waals surface area contributed by atoms with Gasteiger partial charge in [-0.05, 0) is 38.1 Å². The summed E-state index contributed by atoms with van der Waals surface area (Å²) in [4.78, 5) is 14.9. The second-order valence-corrected chi connectivity index (χ2v) is 6.94. The summed E-state index contributed by atoms with van der Waals surface area (Å²) in [5.74, 6) is 0.0606. The molecule has 1 aliphatic heterocycles. The number of aromatic nitrogens is 1. The van der Waals surface area contributed by atoms with E-state index in [2.05, 4.69) is 63.4 Å². The normalized spacial score (nSPS) is 16.8. The standard InChI is InChI=1S/C21H26N4O/c1-3-25-19-7-5-4-6-17(19)18-14-16(8-9-20(18)25)23-21(26)15(2)24-12-10-22-11-13-24/h4-9,14-15,22H,3,10-13H2,1-2H3,(H,23,26). The zero-order chi connectivity index (χ0) is 18.1. The molecule has 4 rings (SSSR count). The number of carbonyl (C=O) groups is 1. The van der Waals surface area contributed by atoms with Gasteiger partial charge < -0.3 is 15.2 Å². The van der Waals surface area contributed by atoms with Crippen LogP contribution >= 0.6 is 0 Å². The van der Waals surface area contributed by atoms with E-state index in [1.807, 2.05) is 13.0 Å². The third kappa shape index (κ3) is 2.97. The molecule has 0 spiro atoms. The maximum Gasteiger partial charge on any atom is 0.241 e. The predicted molar refractivity (Wildman–Crippen MR) is 108 cm³/mol. The van der Waals surface area contributed by atoms with Gasteiger partial charge in [-0.1, -0.05) is 18.2 Å². The molecule has 1 aromatic heterocycles. The van der Waals surface area contributed by atoms with Gasteiger partial charge in [0.2, 0.25) is 5.91 Å². The van der Waals surface area contributed by atoms with Gasteiger partial charge in [0.25, 0.3) is 0 Å². The Hall–Kier alpha value is -2.37. The fourth-order valence-corrected chi connectivity index (χ4v) is 3.95. The fourth-order valence-electron chi connectivity index (χ4n) is 3.95. The Morgan fingerprint density at radius 3 is 2.62 bits per heavy atom. The van der Waals surface area contributed by atoms with Crippen LogP contribution < -0.4 is 10.6 Å². The third-order valence-electron chi connectivity index (χ3n) is 5.43. The SMILES string of the molecule is CCn1c2ccccc2c2cc(NC(=O)C(C)N3CCNCC3)ccc21. The number of hydrogen-bond acceptors (Lipinski definition) is 3. The molecule has 1 atom stereocenters. The molecule has 1 fully saturated rings. The van der Waals surface area contributed by atoms with Gasteiger partial charge in [-0.15, -0.1) is 0 Å². The van der Waals surface area contributed by atoms with Crippen molar-refractivity contribution in [1.29, 1.82) is 0 Å². The number of para-hydroxylation sites is 1. The lowest BCUT2D eigenvalue weighted by molar-refractivity contribution is -0.120. The van der Waals surface area contributed by atoms with Crippen molar-refractivity contribution in [2.24, 2.45) is 0 Å². The average molecular weight is 350 g/mol. The van der Waals surface area contributed by atoms with Crippen LogP contribution in [0.4, 0.5) is 5.69 Å². The monoisotopic (exact) mass is 350 g/mol. The average Bonchev–Trinajstić information content (AvgIpc) is 3.01. The van der Waals surface area contributed by atoms with E-state index >= 15 is 0 Å². The van der Waals surface area contributed by atoms with Crippen molar-refractivity contribution < 1.29 is 4.79 Å². The van der Waals surface area contributed by atoms with Crippen LogP contribution in [0.5, 0.6) is 0 Å². The highest BCUT2D eigenvalue weighted by Crippen LogP contribution is 2.31. The Kier molecular flexibility index (Phi) is 4.66. The first-order valence-electron chi connectivity index (χ1n) is 9.45. The number of benzene rings is 2. The first-order valence-corrected chi connectivity index (χ1v) is 9.45. The van der Waals surface area contributed by atoms with Crippen LogP contribution in [0.1, 0.15) is 13.8 Å². The zero-order valence-corrected chi connectivity index (χ0v) is 15.5. The smallest absolute Gasteiger partial charge is 0.241 e. The summed E-state index contributed by atoms with van der Waals surface area (Å²) >= 11 is 0. The molecular formula is C21H26N4O. The Bertz CT molecular complexity index is 940. The van der Waals surface area contributed by atoms with Gasteiger partial charge in [0.15, 0.2) is 0 Å². The number of carbonyl (C=O) groups excluding carboxylic acids is 1. The van der Waals surface area contributed by atoms with E-state index < -0.39 is 0 Å². The number of anilines is 1. The summed E-state index contributed by atoms with van der Waals surface area (Å²) in [5.41, 5.74) is 3.31. The van der Waals surface area contributed by atoms with Crippen molar-refractivity contribution in [1.82, 2.24) is 14.8 Å². The van der Waals surface area contributed by atoms with E-state index in [0.29, 0.717) is 0 Å². The van der Waals surface area contributed by atoms with Crippen molar-refractivity contribution in [2.45, 2.75) is 26.4 Å². The topological polar surface area (TPSA) is 49.3 Å². The first-order chi connectivity index (χ1) is 12.7. The summed E-state index contributed by atoms with van der Waals surface area (Å²) in [6.07, 6.45) is 0. The van der Waals surface area contributed by atoms with Crippen molar-refractivity contribution in [3.63, 3.8) is 0 Å². The number of nitrogens with one attached hydrogen (secondary N) is 2. The van der Waals surface area contributed by atoms with E-state index in [9.17, 15) is 4.79 Å². The van der Waals surface area contributed by atoms with Crippen LogP contribution in [0.15, 0.2) is 42.5 Å². The van der Waals surface area contributed by atoms with Gasteiger partial charge in [-0.2, -0.15) is 0 Å². The number of rotatable bonds is 4. The molecule has 0 bridgehead atoms. The lowest BCUT2D eigenvalue weighted by Gasteiger charge is -2.31. The molecule has 0 radical (unpaired) electrons. The molecule has 0 saturated carbocycles. The maximum atomic E-state index is 12.7. The molecule has 2 aromatic carbocycles. The molecule has 136 valence electrons. The molecule has 2 heterocycles. The molecule has 26 heavy (non-hydrogen) atoms. The van der Waals surface area contributed by atoms with Gasteiger partial charge in [0.1, 0.15) is 0 Å². The summed E-state index contributed by atoms with van der Waals surface area (Å²) in [6.45, 7) is 8.80. The maximum absolute atomic E-state index is 12.7. The second-order valence-electron chi connectivity index (χ2n) is 6.94. The van der Waals surface area contributed by atoms with E-state index in [4.69, 9.17) is 0 Å². The van der Waals surface area contributed by atoms with Crippen LogP contribution in [0.3, 0.4) is 0 Å². The Morgan fingerprint density at radius 2 is 1.85 bits per heavy atom. The van der Waals surface area contributed by atoms with Crippen LogP contribution in [0.25, 0.3) is 21.8 Å². The second kappa shape index (κ2) is 7.09. The highest BCUT2D eigenvalue weighted by atomic mass is 16.2. The van der Waals surface area contributed by atoms with E-state index in [1.54, 1.807) is 0 Å². The van der Waals surface area contributed by atoms with Crippen molar-refractivity contribution in [2.75, 3.05) is 31.5 Å². The van der Waals surface area contributed by atoms with E-state index in [-0.39, 0.29) is 11.9 Å². The van der Waals surface area contributed by atoms with Crippen LogP contribution in [-0.2, 0) is 11.3 Å². The summed E-state index contributed by atoms with van der Waals surface area (Å²) in [7, 11) is 0. The van der Waals surface area contributed by atoms with Crippen LogP contribution in [0, 0.1) is 0 Å². The van der Waals surface area contributed by atoms with Crippen molar-refractivity contribution in [3.05, 3.63) is 42.5 Å². The summed E-state index contributed by atoms with van der Waals surface area (Å²) in [5, 5.41) is 8.86. The molecule has 1 aliphatic rings. The number of fused-ring (bicyclic) bond motifs is 3. The summed E-state index contributed by atoms with van der Waals surface area (Å²) < 4.78 is 2.32. The van der Waals surface area contributed by atoms with Gasteiger partial charge in [-0.3, -0.25) is 9.69 Å². The van der Waals surface area contributed by atoms with Gasteiger partial charge >= 0.3 is 0 Å². The van der Waals surface area contributed by atoms with Gasteiger partial charge in [0, 0.05) is 60.2 Å². The molecule has 1 unspecified atom stereocenters. The molecule has 5 heteroatoms. The molecule has 3 aromatic rings. The number of amides is 1. The van der Waals surface area contributed by atoms with E-state index in [0.717, 1.165) is 38.4 Å². The number of aryl methyl sites for hydroxylation is 1. The van der Waals surface area contributed by atoms with Gasteiger partial charge in [-0.25, -0.2) is 0 Å². The fraction of sp³-hybridized carbons (Fsp3) is 0.381. The molecule has 0 aliphatic carbocycles. The largest absolute Gasteiger partial charge is 0.341 e. The lowest BCUT2D eigenvalue weighted by atomic mass is 10.1. The van der Waals surface area contributed by atoms with Crippen LogP contribution in [0.2, 0.25) is 0 Å². The lowest BCUT2D eigenvalue weighted by Crippen LogP contribution is -2.51. The minimum Gasteiger partial charge on any atom is -0.341 e. The molecule has 1 saturated heterocycles. The molecule has 2 N–H and O–H groups in total. The number of piperazine rings is 1. The van der Waals surface area contributed by atoms with Crippen molar-refractivity contribution in [3.8, 4) is 0 Å². The van der Waals surface area contributed by atoms with Crippen molar-refractivity contribution >= 4 is 33.4 Å². The Morgan fingerprint density at radius 1 is 1.12 bits per heavy atom.